The molecule has 1 heterocycles. The predicted molar refractivity (Wildman–Crippen MR) is 41.7 cm³/mol. The van der Waals surface area contributed by atoms with Gasteiger partial charge in [0.2, 0.25) is 0 Å². The molecule has 0 aromatic rings. The highest BCUT2D eigenvalue weighted by Crippen LogP contribution is 2.15. The first-order valence-corrected chi connectivity index (χ1v) is 4.04. The van der Waals surface area contributed by atoms with Crippen molar-refractivity contribution in [3.05, 3.63) is 0 Å². The summed E-state index contributed by atoms with van der Waals surface area (Å²) in [7, 11) is 0. The molecule has 1 fully saturated rings. The fourth-order valence-electron chi connectivity index (χ4n) is 0.941. The summed E-state index contributed by atoms with van der Waals surface area (Å²) in [6, 6.07) is 0. The third-order valence-electron chi connectivity index (χ3n) is 1.65. The van der Waals surface area contributed by atoms with Gasteiger partial charge < -0.3 is 14.9 Å². The Morgan fingerprint density at radius 3 is 2.85 bits per heavy atom. The van der Waals surface area contributed by atoms with Crippen molar-refractivity contribution in [3.63, 3.8) is 0 Å². The van der Waals surface area contributed by atoms with Gasteiger partial charge in [-0.25, -0.2) is 14.5 Å². The van der Waals surface area contributed by atoms with E-state index in [4.69, 9.17) is 21.8 Å². The highest BCUT2D eigenvalue weighted by molar-refractivity contribution is 6.18. The summed E-state index contributed by atoms with van der Waals surface area (Å²) in [6.07, 6.45) is -4.26. The van der Waals surface area contributed by atoms with E-state index in [9.17, 15) is 9.59 Å². The highest BCUT2D eigenvalue weighted by Gasteiger charge is 2.39. The van der Waals surface area contributed by atoms with Crippen LogP contribution in [0.25, 0.3) is 0 Å². The van der Waals surface area contributed by atoms with E-state index in [0.717, 1.165) is 0 Å². The minimum absolute atomic E-state index is 0.106. The van der Waals surface area contributed by atoms with Gasteiger partial charge in [0, 0.05) is 0 Å². The summed E-state index contributed by atoms with van der Waals surface area (Å²) >= 11 is 5.30. The van der Waals surface area contributed by atoms with Gasteiger partial charge in [-0.2, -0.15) is 0 Å². The second-order valence-electron chi connectivity index (χ2n) is 2.54. The summed E-state index contributed by atoms with van der Waals surface area (Å²) in [5.74, 6) is -0.106. The number of ether oxygens (including phenoxy) is 1. The van der Waals surface area contributed by atoms with E-state index in [1.54, 1.807) is 0 Å². The van der Waals surface area contributed by atoms with Crippen LogP contribution < -0.4 is 0 Å². The number of aliphatic hydroxyl groups is 1. The molecule has 0 spiro atoms. The maximum atomic E-state index is 10.8. The average Bonchev–Trinajstić information content (AvgIpc) is 2.46. The maximum absolute atomic E-state index is 10.8. The molecule has 0 aromatic heterocycles. The van der Waals surface area contributed by atoms with E-state index < -0.39 is 24.4 Å². The van der Waals surface area contributed by atoms with Crippen LogP contribution in [0.2, 0.25) is 0 Å². The number of alkyl halides is 1. The fourth-order valence-corrected chi connectivity index (χ4v) is 1.14. The van der Waals surface area contributed by atoms with Crippen LogP contribution >= 0.6 is 11.6 Å². The quantitative estimate of drug-likeness (QED) is 0.629. The van der Waals surface area contributed by atoms with Crippen LogP contribution in [0.3, 0.4) is 0 Å². The van der Waals surface area contributed by atoms with Crippen molar-refractivity contribution in [2.45, 2.75) is 12.2 Å². The van der Waals surface area contributed by atoms with E-state index in [1.165, 1.54) is 0 Å². The number of hydrogen-bond donors (Lipinski definition) is 2. The number of hydrogen-bond acceptors (Lipinski definition) is 4. The Morgan fingerprint density at radius 1 is 1.85 bits per heavy atom. The monoisotopic (exact) mass is 209 g/mol. The van der Waals surface area contributed by atoms with Crippen molar-refractivity contribution < 1.29 is 24.5 Å². The van der Waals surface area contributed by atoms with Crippen molar-refractivity contribution in [3.8, 4) is 0 Å². The molecule has 2 amide bonds. The number of nitrogens with zero attached hydrogens (tertiary/aromatic N) is 1. The van der Waals surface area contributed by atoms with Crippen LogP contribution in [-0.2, 0) is 4.74 Å². The molecule has 0 radical (unpaired) electrons. The second-order valence-corrected chi connectivity index (χ2v) is 2.85. The van der Waals surface area contributed by atoms with Crippen molar-refractivity contribution in [2.24, 2.45) is 0 Å². The maximum Gasteiger partial charge on any atom is 0.419 e. The summed E-state index contributed by atoms with van der Waals surface area (Å²) in [6.45, 7) is -0.179. The Balaban J connectivity index is 2.60. The second kappa shape index (κ2) is 3.80. The van der Waals surface area contributed by atoms with Crippen molar-refractivity contribution in [2.75, 3.05) is 12.4 Å². The third kappa shape index (κ3) is 2.02. The summed E-state index contributed by atoms with van der Waals surface area (Å²) in [5, 5.41) is 17.6. The molecule has 1 aliphatic heterocycles. The molecular weight excluding hydrogens is 202 g/mol. The highest BCUT2D eigenvalue weighted by atomic mass is 35.5. The van der Waals surface area contributed by atoms with Gasteiger partial charge in [0.1, 0.15) is 12.2 Å². The zero-order chi connectivity index (χ0) is 10.0. The number of carbonyl (C=O) groups excluding carboxylic acids is 1. The zero-order valence-electron chi connectivity index (χ0n) is 6.51. The minimum atomic E-state index is -1.39. The number of carbonyl (C=O) groups is 2. The largest absolute Gasteiger partial charge is 0.465 e. The standard InChI is InChI=1S/C6H8ClNO5/c7-1-3(9)4-2-8(5(10)11)6(12)13-4/h3-4,9H,1-2H2,(H,10,11)/t3-,4-/m1/s1. The molecule has 7 heteroatoms. The smallest absolute Gasteiger partial charge is 0.419 e. The Kier molecular flexibility index (Phi) is 2.94. The first-order valence-electron chi connectivity index (χ1n) is 3.51. The number of aliphatic hydroxyl groups excluding tert-OH is 1. The van der Waals surface area contributed by atoms with E-state index >= 15 is 0 Å². The topological polar surface area (TPSA) is 87.1 Å². The lowest BCUT2D eigenvalue weighted by molar-refractivity contribution is 0.0456. The van der Waals surface area contributed by atoms with Crippen LogP contribution in [0.5, 0.6) is 0 Å². The molecule has 1 saturated heterocycles. The number of halogens is 1. The van der Waals surface area contributed by atoms with Crippen LogP contribution in [0.15, 0.2) is 0 Å². The van der Waals surface area contributed by atoms with E-state index in [1.807, 2.05) is 0 Å². The van der Waals surface area contributed by atoms with Crippen molar-refractivity contribution >= 4 is 23.8 Å². The lowest BCUT2D eigenvalue weighted by Gasteiger charge is -2.11. The molecule has 2 atom stereocenters. The molecule has 13 heavy (non-hydrogen) atoms. The number of carboxylic acid groups (broad SMARTS) is 1. The Bertz CT molecular complexity index is 233. The normalized spacial score (nSPS) is 24.3. The lowest BCUT2D eigenvalue weighted by atomic mass is 10.2. The van der Waals surface area contributed by atoms with Crippen LogP contribution in [0.1, 0.15) is 0 Å². The molecule has 0 aliphatic carbocycles. The molecule has 1 aliphatic rings. The Labute approximate surface area is 78.6 Å². The van der Waals surface area contributed by atoms with Gasteiger partial charge in [0.15, 0.2) is 0 Å². The van der Waals surface area contributed by atoms with Gasteiger partial charge in [0.05, 0.1) is 12.4 Å². The molecular formula is C6H8ClNO5. The molecule has 1 rings (SSSR count). The molecule has 0 bridgehead atoms. The molecule has 0 aromatic carbocycles. The molecule has 6 nitrogen and oxygen atoms in total. The van der Waals surface area contributed by atoms with E-state index in [2.05, 4.69) is 4.74 Å². The SMILES string of the molecule is O=C(O)N1C[C@H]([C@H](O)CCl)OC1=O. The van der Waals surface area contributed by atoms with Gasteiger partial charge in [-0.1, -0.05) is 0 Å². The van der Waals surface area contributed by atoms with Gasteiger partial charge in [-0.05, 0) is 0 Å². The molecule has 74 valence electrons. The summed E-state index contributed by atoms with van der Waals surface area (Å²) in [4.78, 5) is 21.7. The van der Waals surface area contributed by atoms with Crippen molar-refractivity contribution in [1.29, 1.82) is 0 Å². The van der Waals surface area contributed by atoms with Gasteiger partial charge in [-0.15, -0.1) is 11.6 Å². The Morgan fingerprint density at radius 2 is 2.46 bits per heavy atom. The Hall–Kier alpha value is -1.01. The summed E-state index contributed by atoms with van der Waals surface area (Å²) < 4.78 is 4.56. The van der Waals surface area contributed by atoms with Crippen LogP contribution in [0.4, 0.5) is 9.59 Å². The van der Waals surface area contributed by atoms with E-state index in [0.29, 0.717) is 4.90 Å². The van der Waals surface area contributed by atoms with Gasteiger partial charge in [0.25, 0.3) is 0 Å². The number of amides is 2. The summed E-state index contributed by atoms with van der Waals surface area (Å²) in [5.41, 5.74) is 0. The average molecular weight is 210 g/mol. The molecule has 0 saturated carbocycles. The predicted octanol–water partition coefficient (Wildman–Crippen LogP) is 0.0849. The fraction of sp³-hybridized carbons (Fsp3) is 0.667. The van der Waals surface area contributed by atoms with E-state index in [-0.39, 0.29) is 12.4 Å². The number of cyclic esters (lactones) is 1. The first-order chi connectivity index (χ1) is 6.06. The van der Waals surface area contributed by atoms with Crippen molar-refractivity contribution in [1.82, 2.24) is 4.90 Å². The van der Waals surface area contributed by atoms with Gasteiger partial charge in [-0.3, -0.25) is 0 Å². The number of rotatable bonds is 2. The molecule has 0 unspecified atom stereocenters. The zero-order valence-corrected chi connectivity index (χ0v) is 7.27. The lowest BCUT2D eigenvalue weighted by Crippen LogP contribution is -2.34. The minimum Gasteiger partial charge on any atom is -0.465 e. The van der Waals surface area contributed by atoms with Crippen LogP contribution in [0, 0.1) is 0 Å². The van der Waals surface area contributed by atoms with Crippen LogP contribution in [-0.4, -0.2) is 51.9 Å². The third-order valence-corrected chi connectivity index (χ3v) is 1.97. The molecule has 2 N–H and O–H groups in total. The number of imide groups is 1. The van der Waals surface area contributed by atoms with Gasteiger partial charge >= 0.3 is 12.2 Å². The first kappa shape index (κ1) is 10.1.